The van der Waals surface area contributed by atoms with Crippen LogP contribution in [-0.2, 0) is 11.3 Å². The highest BCUT2D eigenvalue weighted by atomic mass is 16.5. The van der Waals surface area contributed by atoms with Crippen molar-refractivity contribution < 1.29 is 9.53 Å². The van der Waals surface area contributed by atoms with Gasteiger partial charge in [-0.1, -0.05) is 0 Å². The number of anilines is 2. The Balaban J connectivity index is 1.45. The fraction of sp³-hybridized carbons (Fsp3) is 0.565. The largest absolute Gasteiger partial charge is 0.372 e. The molecule has 32 heavy (non-hydrogen) atoms. The first-order chi connectivity index (χ1) is 15.3. The van der Waals surface area contributed by atoms with Gasteiger partial charge in [-0.25, -0.2) is 4.98 Å². The van der Waals surface area contributed by atoms with E-state index in [2.05, 4.69) is 32.0 Å². The molecule has 2 unspecified atom stereocenters. The maximum atomic E-state index is 13.2. The number of hydrogen-bond donors (Lipinski definition) is 2. The van der Waals surface area contributed by atoms with E-state index in [9.17, 15) is 9.59 Å². The molecule has 9 heteroatoms. The number of pyridine rings is 1. The Morgan fingerprint density at radius 3 is 2.69 bits per heavy atom. The van der Waals surface area contributed by atoms with Crippen molar-refractivity contribution in [1.29, 1.82) is 0 Å². The van der Waals surface area contributed by atoms with E-state index in [0.717, 1.165) is 48.6 Å². The topological polar surface area (TPSA) is 103 Å². The number of amides is 1. The van der Waals surface area contributed by atoms with Gasteiger partial charge in [-0.2, -0.15) is 4.98 Å². The summed E-state index contributed by atoms with van der Waals surface area (Å²) in [6.07, 6.45) is 2.47. The van der Waals surface area contributed by atoms with E-state index in [1.165, 1.54) is 0 Å². The third kappa shape index (κ3) is 3.44. The number of fused-ring (bicyclic) bond motifs is 1. The lowest BCUT2D eigenvalue weighted by Crippen LogP contribution is -2.71. The SMILES string of the molecule is Cc1cc(C)c(CNC(=O)c2nc(N3CC4OCC43)nc(N3CCC[C@@H]3C)c2C)c(=O)[nH]1. The average molecular weight is 439 g/mol. The zero-order chi connectivity index (χ0) is 22.6. The molecule has 5 rings (SSSR count). The Labute approximate surface area is 187 Å². The van der Waals surface area contributed by atoms with E-state index in [1.807, 2.05) is 26.8 Å². The zero-order valence-electron chi connectivity index (χ0n) is 19.1. The second-order valence-corrected chi connectivity index (χ2v) is 9.22. The van der Waals surface area contributed by atoms with Crippen molar-refractivity contribution in [2.24, 2.45) is 0 Å². The third-order valence-corrected chi connectivity index (χ3v) is 7.01. The molecule has 170 valence electrons. The lowest BCUT2D eigenvalue weighted by Gasteiger charge is -2.54. The summed E-state index contributed by atoms with van der Waals surface area (Å²) in [4.78, 5) is 42.4. The van der Waals surface area contributed by atoms with Crippen LogP contribution in [0.2, 0.25) is 0 Å². The summed E-state index contributed by atoms with van der Waals surface area (Å²) >= 11 is 0. The molecule has 0 aliphatic carbocycles. The van der Waals surface area contributed by atoms with Gasteiger partial charge in [-0.05, 0) is 52.2 Å². The maximum absolute atomic E-state index is 13.2. The highest BCUT2D eigenvalue weighted by Gasteiger charge is 2.49. The predicted octanol–water partition coefficient (Wildman–Crippen LogP) is 1.60. The molecule has 5 heterocycles. The highest BCUT2D eigenvalue weighted by molar-refractivity contribution is 5.95. The first-order valence-electron chi connectivity index (χ1n) is 11.3. The maximum Gasteiger partial charge on any atom is 0.270 e. The summed E-state index contributed by atoms with van der Waals surface area (Å²) in [5.41, 5.74) is 3.18. The molecular formula is C23H30N6O3. The summed E-state index contributed by atoms with van der Waals surface area (Å²) in [6, 6.07) is 2.58. The van der Waals surface area contributed by atoms with E-state index in [-0.39, 0.29) is 24.1 Å². The lowest BCUT2D eigenvalue weighted by atomic mass is 9.95. The van der Waals surface area contributed by atoms with Crippen LogP contribution in [0.4, 0.5) is 11.8 Å². The number of ether oxygens (including phenoxy) is 1. The van der Waals surface area contributed by atoms with Gasteiger partial charge in [-0.3, -0.25) is 9.59 Å². The number of nitrogens with zero attached hydrogens (tertiary/aromatic N) is 4. The number of aryl methyl sites for hydroxylation is 2. The first kappa shape index (κ1) is 20.9. The minimum absolute atomic E-state index is 0.150. The number of aromatic nitrogens is 3. The van der Waals surface area contributed by atoms with E-state index in [0.29, 0.717) is 35.9 Å². The molecule has 2 aromatic rings. The summed E-state index contributed by atoms with van der Waals surface area (Å²) in [5.74, 6) is 1.13. The monoisotopic (exact) mass is 438 g/mol. The molecule has 0 bridgehead atoms. The number of H-pyrrole nitrogens is 1. The van der Waals surface area contributed by atoms with E-state index >= 15 is 0 Å². The number of aromatic amines is 1. The van der Waals surface area contributed by atoms with Gasteiger partial charge >= 0.3 is 0 Å². The zero-order valence-corrected chi connectivity index (χ0v) is 19.1. The highest BCUT2D eigenvalue weighted by Crippen LogP contribution is 2.36. The molecular weight excluding hydrogens is 408 g/mol. The molecule has 3 saturated heterocycles. The Kier molecular flexibility index (Phi) is 5.16. The van der Waals surface area contributed by atoms with Crippen LogP contribution in [0.25, 0.3) is 0 Å². The Bertz CT molecular complexity index is 1130. The van der Waals surface area contributed by atoms with Crippen LogP contribution < -0.4 is 20.7 Å². The molecule has 0 saturated carbocycles. The number of hydrogen-bond acceptors (Lipinski definition) is 7. The van der Waals surface area contributed by atoms with Crippen LogP contribution in [-0.4, -0.2) is 58.7 Å². The van der Waals surface area contributed by atoms with Gasteiger partial charge < -0.3 is 24.8 Å². The second-order valence-electron chi connectivity index (χ2n) is 9.22. The van der Waals surface area contributed by atoms with Gasteiger partial charge in [0.25, 0.3) is 11.5 Å². The van der Waals surface area contributed by atoms with Crippen molar-refractivity contribution in [1.82, 2.24) is 20.3 Å². The van der Waals surface area contributed by atoms with Crippen LogP contribution in [0.5, 0.6) is 0 Å². The molecule has 3 fully saturated rings. The predicted molar refractivity (Wildman–Crippen MR) is 121 cm³/mol. The number of morpholine rings is 1. The molecule has 0 spiro atoms. The van der Waals surface area contributed by atoms with Gasteiger partial charge in [0.15, 0.2) is 0 Å². The average Bonchev–Trinajstić information content (AvgIpc) is 3.15. The summed E-state index contributed by atoms with van der Waals surface area (Å²) < 4.78 is 5.53. The summed E-state index contributed by atoms with van der Waals surface area (Å²) in [7, 11) is 0. The molecule has 3 atom stereocenters. The molecule has 3 aliphatic rings. The Hall–Kier alpha value is -2.94. The van der Waals surface area contributed by atoms with Crippen molar-refractivity contribution in [2.45, 2.75) is 65.3 Å². The van der Waals surface area contributed by atoms with E-state index in [1.54, 1.807) is 0 Å². The molecule has 9 nitrogen and oxygen atoms in total. The lowest BCUT2D eigenvalue weighted by molar-refractivity contribution is -0.114. The van der Waals surface area contributed by atoms with Crippen molar-refractivity contribution in [3.8, 4) is 0 Å². The van der Waals surface area contributed by atoms with Crippen LogP contribution in [0.1, 0.15) is 52.6 Å². The molecule has 1 amide bonds. The molecule has 3 aliphatic heterocycles. The Morgan fingerprint density at radius 1 is 1.28 bits per heavy atom. The van der Waals surface area contributed by atoms with Crippen LogP contribution in [0.15, 0.2) is 10.9 Å². The van der Waals surface area contributed by atoms with Crippen LogP contribution in [0, 0.1) is 20.8 Å². The van der Waals surface area contributed by atoms with Crippen molar-refractivity contribution >= 4 is 17.7 Å². The van der Waals surface area contributed by atoms with Crippen LogP contribution >= 0.6 is 0 Å². The molecule has 0 radical (unpaired) electrons. The summed E-state index contributed by atoms with van der Waals surface area (Å²) in [5, 5.41) is 2.91. The fourth-order valence-corrected chi connectivity index (χ4v) is 4.93. The van der Waals surface area contributed by atoms with Crippen molar-refractivity contribution in [2.75, 3.05) is 29.5 Å². The quantitative estimate of drug-likeness (QED) is 0.731. The second kappa shape index (κ2) is 7.88. The Morgan fingerprint density at radius 2 is 2.09 bits per heavy atom. The van der Waals surface area contributed by atoms with Gasteiger partial charge in [0.1, 0.15) is 11.5 Å². The summed E-state index contributed by atoms with van der Waals surface area (Å²) in [6.45, 7) is 10.3. The van der Waals surface area contributed by atoms with Gasteiger partial charge in [0.05, 0.1) is 18.8 Å². The number of rotatable bonds is 5. The third-order valence-electron chi connectivity index (χ3n) is 7.01. The number of carbonyl (C=O) groups excluding carboxylic acids is 1. The van der Waals surface area contributed by atoms with Gasteiger partial charge in [0, 0.05) is 42.5 Å². The number of carbonyl (C=O) groups is 1. The van der Waals surface area contributed by atoms with E-state index < -0.39 is 0 Å². The normalized spacial score (nSPS) is 24.1. The smallest absolute Gasteiger partial charge is 0.270 e. The van der Waals surface area contributed by atoms with E-state index in [4.69, 9.17) is 9.72 Å². The minimum Gasteiger partial charge on any atom is -0.372 e. The molecule has 2 aromatic heterocycles. The standard InChI is InChI=1S/C23H30N6O3/c1-12-8-13(2)25-21(30)16(12)9-24-22(31)19-15(4)20(28-7-5-6-14(28)3)27-23(26-19)29-10-18-17(29)11-32-18/h8,14,17-18H,5-7,9-11H2,1-4H3,(H,24,31)(H,25,30)/t14-,17?,18?/m0/s1. The van der Waals surface area contributed by atoms with Crippen molar-refractivity contribution in [3.05, 3.63) is 44.5 Å². The molecule has 0 aromatic carbocycles. The first-order valence-corrected chi connectivity index (χ1v) is 11.3. The minimum atomic E-state index is -0.291. The number of nitrogens with one attached hydrogen (secondary N) is 2. The van der Waals surface area contributed by atoms with Crippen molar-refractivity contribution in [3.63, 3.8) is 0 Å². The van der Waals surface area contributed by atoms with Gasteiger partial charge in [-0.15, -0.1) is 0 Å². The molecule has 2 N–H and O–H groups in total. The van der Waals surface area contributed by atoms with Crippen LogP contribution in [0.3, 0.4) is 0 Å². The van der Waals surface area contributed by atoms with Gasteiger partial charge in [0.2, 0.25) is 5.95 Å². The fourth-order valence-electron chi connectivity index (χ4n) is 4.93.